The minimum atomic E-state index is -1.63. The number of aliphatic hydroxyl groups excluding tert-OH is 6. The van der Waals surface area contributed by atoms with E-state index in [0.717, 1.165) is 0 Å². The SMILES string of the molecule is C[C@H](/C=C/[C@@]1(O)[C@H](C)CC(=O)CC1(C)C)O[C@@H]1O[C@H](CO[C@@H]2OC[C@@H](O)[C@H](O)[C@H]2O)[C@@H](O)[C@H](O)[C@H]1O. The highest BCUT2D eigenvalue weighted by molar-refractivity contribution is 5.81. The second kappa shape index (κ2) is 11.4. The van der Waals surface area contributed by atoms with Gasteiger partial charge in [0.05, 0.1) is 24.9 Å². The average molecular weight is 521 g/mol. The van der Waals surface area contributed by atoms with Gasteiger partial charge in [-0.05, 0) is 12.8 Å². The standard InChI is InChI=1S/C24H40O12/c1-11-7-13(25)8-23(3,4)24(11,32)6-5-12(2)35-22-20(31)18(29)17(28)15(36-22)10-34-21-19(30)16(27)14(26)9-33-21/h5-6,11-12,14-22,26-32H,7-10H2,1-4H3/b6-5+/t11-,12-,14-,15-,16+,17-,18+,19-,20-,21+,22-,24-/m1/s1. The van der Waals surface area contributed by atoms with E-state index < -0.39 is 72.4 Å². The van der Waals surface area contributed by atoms with Crippen molar-refractivity contribution < 1.29 is 59.5 Å². The Morgan fingerprint density at radius 1 is 1.03 bits per heavy atom. The Kier molecular flexibility index (Phi) is 9.33. The number of hydrogen-bond donors (Lipinski definition) is 7. The number of Topliss-reactive ketones (excluding diaryl/α,β-unsaturated/α-hetero) is 1. The maximum atomic E-state index is 12.0. The van der Waals surface area contributed by atoms with Crippen molar-refractivity contribution >= 4 is 5.78 Å². The summed E-state index contributed by atoms with van der Waals surface area (Å²) in [5.74, 6) is -0.226. The molecule has 0 spiro atoms. The summed E-state index contributed by atoms with van der Waals surface area (Å²) in [6, 6.07) is 0. The highest BCUT2D eigenvalue weighted by Crippen LogP contribution is 2.46. The molecule has 3 rings (SSSR count). The van der Waals surface area contributed by atoms with Crippen molar-refractivity contribution in [2.24, 2.45) is 11.3 Å². The summed E-state index contributed by atoms with van der Waals surface area (Å²) in [7, 11) is 0. The first-order chi connectivity index (χ1) is 16.7. The fourth-order valence-corrected chi connectivity index (χ4v) is 5.08. The summed E-state index contributed by atoms with van der Waals surface area (Å²) in [4.78, 5) is 12.0. The maximum absolute atomic E-state index is 12.0. The molecule has 208 valence electrons. The first-order valence-corrected chi connectivity index (χ1v) is 12.2. The van der Waals surface area contributed by atoms with Crippen molar-refractivity contribution in [3.8, 4) is 0 Å². The van der Waals surface area contributed by atoms with Crippen molar-refractivity contribution in [3.05, 3.63) is 12.2 Å². The van der Waals surface area contributed by atoms with Gasteiger partial charge in [-0.15, -0.1) is 0 Å². The summed E-state index contributed by atoms with van der Waals surface area (Å²) in [5.41, 5.74) is -1.97. The molecular formula is C24H40O12. The van der Waals surface area contributed by atoms with Crippen LogP contribution in [0.25, 0.3) is 0 Å². The highest BCUT2D eigenvalue weighted by atomic mass is 16.7. The van der Waals surface area contributed by atoms with Gasteiger partial charge in [0.15, 0.2) is 12.6 Å². The number of rotatable bonds is 7. The number of hydrogen-bond acceptors (Lipinski definition) is 12. The molecule has 0 radical (unpaired) electrons. The fourth-order valence-electron chi connectivity index (χ4n) is 5.08. The predicted octanol–water partition coefficient (Wildman–Crippen LogP) is -2.03. The molecule has 1 saturated carbocycles. The van der Waals surface area contributed by atoms with Gasteiger partial charge in [-0.2, -0.15) is 0 Å². The van der Waals surface area contributed by atoms with Gasteiger partial charge in [0.2, 0.25) is 0 Å². The summed E-state index contributed by atoms with van der Waals surface area (Å²) in [6.45, 7) is 6.42. The molecule has 7 N–H and O–H groups in total. The Labute approximate surface area is 210 Å². The summed E-state index contributed by atoms with van der Waals surface area (Å²) in [5, 5.41) is 71.7. The Hall–Kier alpha value is -1.03. The third-order valence-corrected chi connectivity index (χ3v) is 7.53. The lowest BCUT2D eigenvalue weighted by Gasteiger charge is -2.48. The molecule has 2 heterocycles. The van der Waals surface area contributed by atoms with Crippen LogP contribution in [-0.4, -0.2) is 122 Å². The normalized spacial score (nSPS) is 46.7. The summed E-state index contributed by atoms with van der Waals surface area (Å²) in [6.07, 6.45) is -9.96. The molecule has 1 aliphatic carbocycles. The Bertz CT molecular complexity index is 789. The van der Waals surface area contributed by atoms with Crippen molar-refractivity contribution in [1.29, 1.82) is 0 Å². The van der Waals surface area contributed by atoms with Crippen LogP contribution in [0.3, 0.4) is 0 Å². The van der Waals surface area contributed by atoms with Crippen molar-refractivity contribution in [2.45, 2.75) is 108 Å². The largest absolute Gasteiger partial charge is 0.388 e. The monoisotopic (exact) mass is 520 g/mol. The summed E-state index contributed by atoms with van der Waals surface area (Å²) < 4.78 is 21.9. The lowest BCUT2D eigenvalue weighted by molar-refractivity contribution is -0.324. The van der Waals surface area contributed by atoms with E-state index >= 15 is 0 Å². The van der Waals surface area contributed by atoms with Crippen LogP contribution in [-0.2, 0) is 23.7 Å². The average Bonchev–Trinajstić information content (AvgIpc) is 2.80. The zero-order valence-electron chi connectivity index (χ0n) is 21.0. The lowest BCUT2D eigenvalue weighted by atomic mass is 9.60. The second-order valence-electron chi connectivity index (χ2n) is 10.8. The van der Waals surface area contributed by atoms with Gasteiger partial charge in [-0.3, -0.25) is 4.79 Å². The number of carbonyl (C=O) groups excluding carboxylic acids is 1. The molecular weight excluding hydrogens is 480 g/mol. The van der Waals surface area contributed by atoms with Crippen LogP contribution in [0.2, 0.25) is 0 Å². The van der Waals surface area contributed by atoms with Gasteiger partial charge in [-0.1, -0.05) is 32.9 Å². The molecule has 0 amide bonds. The molecule has 12 heteroatoms. The van der Waals surface area contributed by atoms with Crippen LogP contribution >= 0.6 is 0 Å². The molecule has 0 aromatic carbocycles. The van der Waals surface area contributed by atoms with Crippen molar-refractivity contribution in [1.82, 2.24) is 0 Å². The predicted molar refractivity (Wildman–Crippen MR) is 122 cm³/mol. The maximum Gasteiger partial charge on any atom is 0.187 e. The first-order valence-electron chi connectivity index (χ1n) is 12.2. The van der Waals surface area contributed by atoms with E-state index in [-0.39, 0.29) is 37.8 Å². The van der Waals surface area contributed by atoms with Crippen LogP contribution < -0.4 is 0 Å². The van der Waals surface area contributed by atoms with E-state index in [1.54, 1.807) is 26.0 Å². The van der Waals surface area contributed by atoms with Gasteiger partial charge in [-0.25, -0.2) is 0 Å². The lowest BCUT2D eigenvalue weighted by Crippen LogP contribution is -2.60. The molecule has 3 fully saturated rings. The molecule has 0 aromatic heterocycles. The molecule has 12 nitrogen and oxygen atoms in total. The zero-order chi connectivity index (χ0) is 27.0. The molecule has 0 unspecified atom stereocenters. The molecule has 0 bridgehead atoms. The van der Waals surface area contributed by atoms with Gasteiger partial charge in [0.25, 0.3) is 0 Å². The molecule has 36 heavy (non-hydrogen) atoms. The van der Waals surface area contributed by atoms with E-state index in [0.29, 0.717) is 0 Å². The van der Waals surface area contributed by atoms with Crippen LogP contribution in [0.4, 0.5) is 0 Å². The Balaban J connectivity index is 1.62. The number of ether oxygens (including phenoxy) is 4. The van der Waals surface area contributed by atoms with Gasteiger partial charge < -0.3 is 54.7 Å². The number of aliphatic hydroxyl groups is 7. The second-order valence-corrected chi connectivity index (χ2v) is 10.8. The van der Waals surface area contributed by atoms with Gasteiger partial charge >= 0.3 is 0 Å². The smallest absolute Gasteiger partial charge is 0.187 e. The van der Waals surface area contributed by atoms with E-state index in [1.807, 2.05) is 13.8 Å². The fraction of sp³-hybridized carbons (Fsp3) is 0.875. The minimum Gasteiger partial charge on any atom is -0.388 e. The third-order valence-electron chi connectivity index (χ3n) is 7.53. The van der Waals surface area contributed by atoms with Crippen molar-refractivity contribution in [3.63, 3.8) is 0 Å². The molecule has 2 aliphatic heterocycles. The number of ketones is 1. The third kappa shape index (κ3) is 6.00. The van der Waals surface area contributed by atoms with E-state index in [1.165, 1.54) is 0 Å². The molecule has 2 saturated heterocycles. The molecule has 3 aliphatic rings. The zero-order valence-corrected chi connectivity index (χ0v) is 21.0. The molecule has 12 atom stereocenters. The Morgan fingerprint density at radius 3 is 2.31 bits per heavy atom. The van der Waals surface area contributed by atoms with Crippen LogP contribution in [0, 0.1) is 11.3 Å². The minimum absolute atomic E-state index is 0.0891. The Morgan fingerprint density at radius 2 is 1.67 bits per heavy atom. The first kappa shape index (κ1) is 29.5. The molecule has 0 aromatic rings. The van der Waals surface area contributed by atoms with E-state index in [2.05, 4.69) is 0 Å². The summed E-state index contributed by atoms with van der Waals surface area (Å²) >= 11 is 0. The topological polar surface area (TPSA) is 196 Å². The van der Waals surface area contributed by atoms with E-state index in [4.69, 9.17) is 18.9 Å². The van der Waals surface area contributed by atoms with Crippen molar-refractivity contribution in [2.75, 3.05) is 13.2 Å². The van der Waals surface area contributed by atoms with Crippen LogP contribution in [0.1, 0.15) is 40.5 Å². The van der Waals surface area contributed by atoms with Gasteiger partial charge in [0.1, 0.15) is 48.5 Å². The van der Waals surface area contributed by atoms with Gasteiger partial charge in [0, 0.05) is 18.3 Å². The van der Waals surface area contributed by atoms with E-state index in [9.17, 15) is 40.5 Å². The highest BCUT2D eigenvalue weighted by Gasteiger charge is 2.51. The van der Waals surface area contributed by atoms with Crippen LogP contribution in [0.15, 0.2) is 12.2 Å². The van der Waals surface area contributed by atoms with Crippen LogP contribution in [0.5, 0.6) is 0 Å². The number of carbonyl (C=O) groups is 1. The quantitative estimate of drug-likeness (QED) is 0.182.